The molecule has 0 saturated carbocycles. The smallest absolute Gasteiger partial charge is 0.343 e. The van der Waals surface area contributed by atoms with Gasteiger partial charge in [-0.2, -0.15) is 0 Å². The Morgan fingerprint density at radius 1 is 1.00 bits per heavy atom. The number of esters is 2. The summed E-state index contributed by atoms with van der Waals surface area (Å²) < 4.78 is 21.8. The Morgan fingerprint density at radius 3 is 2.28 bits per heavy atom. The molecular weight excluding hydrogens is 440 g/mol. The van der Waals surface area contributed by atoms with Crippen molar-refractivity contribution >= 4 is 27.9 Å². The summed E-state index contributed by atoms with van der Waals surface area (Å²) in [6.45, 7) is 5.97. The van der Waals surface area contributed by atoms with Crippen LogP contribution in [-0.4, -0.2) is 32.3 Å². The maximum absolute atomic E-state index is 12.3. The third-order valence-corrected chi connectivity index (χ3v) is 4.43. The van der Waals surface area contributed by atoms with Gasteiger partial charge in [0.25, 0.3) is 0 Å². The number of halogens is 1. The van der Waals surface area contributed by atoms with Gasteiger partial charge >= 0.3 is 11.9 Å². The van der Waals surface area contributed by atoms with E-state index in [0.717, 1.165) is 6.42 Å². The highest BCUT2D eigenvalue weighted by atomic mass is 79.9. The Kier molecular flexibility index (Phi) is 8.73. The Morgan fingerprint density at radius 2 is 1.66 bits per heavy atom. The maximum atomic E-state index is 12.3. The summed E-state index contributed by atoms with van der Waals surface area (Å²) in [6, 6.07) is 11.8. The van der Waals surface area contributed by atoms with Gasteiger partial charge in [-0.1, -0.05) is 6.58 Å². The normalized spacial score (nSPS) is 10.2. The maximum Gasteiger partial charge on any atom is 0.343 e. The molecule has 2 aromatic rings. The highest BCUT2D eigenvalue weighted by molar-refractivity contribution is 9.10. The molecule has 0 heterocycles. The van der Waals surface area contributed by atoms with Crippen LogP contribution in [0.3, 0.4) is 0 Å². The van der Waals surface area contributed by atoms with Crippen molar-refractivity contribution in [3.63, 3.8) is 0 Å². The number of benzene rings is 2. The molecule has 0 atom stereocenters. The first-order valence-electron chi connectivity index (χ1n) is 9.02. The zero-order chi connectivity index (χ0) is 21.2. The summed E-state index contributed by atoms with van der Waals surface area (Å²) in [6.07, 6.45) is 1.44. The van der Waals surface area contributed by atoms with Crippen molar-refractivity contribution in [2.24, 2.45) is 0 Å². The fourth-order valence-electron chi connectivity index (χ4n) is 2.25. The average Bonchev–Trinajstić information content (AvgIpc) is 2.71. The van der Waals surface area contributed by atoms with Gasteiger partial charge in [-0.25, -0.2) is 9.59 Å². The second kappa shape index (κ2) is 11.3. The summed E-state index contributed by atoms with van der Waals surface area (Å²) >= 11 is 3.35. The first kappa shape index (κ1) is 22.5. The van der Waals surface area contributed by atoms with Crippen molar-refractivity contribution in [3.05, 3.63) is 64.7 Å². The zero-order valence-corrected chi connectivity index (χ0v) is 18.0. The molecule has 0 aliphatic heterocycles. The van der Waals surface area contributed by atoms with Crippen LogP contribution in [0, 0.1) is 0 Å². The van der Waals surface area contributed by atoms with Gasteiger partial charge in [-0.15, -0.1) is 0 Å². The molecule has 0 aromatic heterocycles. The van der Waals surface area contributed by atoms with E-state index in [0.29, 0.717) is 52.5 Å². The highest BCUT2D eigenvalue weighted by Gasteiger charge is 2.11. The largest absolute Gasteiger partial charge is 0.496 e. The first-order chi connectivity index (χ1) is 13.9. The van der Waals surface area contributed by atoms with E-state index in [-0.39, 0.29) is 5.97 Å². The van der Waals surface area contributed by atoms with Gasteiger partial charge in [0.2, 0.25) is 0 Å². The SMILES string of the molecule is C=C(C)C(=O)OCCCCOc1ccc(OC(=O)c2ccc(OC)c(Br)c2)cc1. The fraction of sp³-hybridized carbons (Fsp3) is 0.273. The van der Waals surface area contributed by atoms with Crippen molar-refractivity contribution in [2.45, 2.75) is 19.8 Å². The number of hydrogen-bond donors (Lipinski definition) is 0. The van der Waals surface area contributed by atoms with Crippen molar-refractivity contribution in [1.29, 1.82) is 0 Å². The number of ether oxygens (including phenoxy) is 4. The van der Waals surface area contributed by atoms with Crippen LogP contribution in [0.15, 0.2) is 59.1 Å². The minimum atomic E-state index is -0.466. The van der Waals surface area contributed by atoms with E-state index in [9.17, 15) is 9.59 Å². The standard InChI is InChI=1S/C22H23BrO6/c1-15(2)21(24)28-13-5-4-12-27-17-7-9-18(10-8-17)29-22(25)16-6-11-20(26-3)19(23)14-16/h6-11,14H,1,4-5,12-13H2,2-3H3. The molecule has 0 saturated heterocycles. The minimum absolute atomic E-state index is 0.339. The molecule has 0 bridgehead atoms. The first-order valence-corrected chi connectivity index (χ1v) is 9.81. The van der Waals surface area contributed by atoms with Crippen LogP contribution in [0.25, 0.3) is 0 Å². The van der Waals surface area contributed by atoms with Crippen LogP contribution in [-0.2, 0) is 9.53 Å². The molecule has 154 valence electrons. The van der Waals surface area contributed by atoms with E-state index in [1.165, 1.54) is 0 Å². The molecule has 0 radical (unpaired) electrons. The van der Waals surface area contributed by atoms with Crippen molar-refractivity contribution in [2.75, 3.05) is 20.3 Å². The molecule has 6 nitrogen and oxygen atoms in total. The van der Waals surface area contributed by atoms with Crippen LogP contribution in [0.1, 0.15) is 30.1 Å². The lowest BCUT2D eigenvalue weighted by atomic mass is 10.2. The molecule has 0 amide bonds. The Bertz CT molecular complexity index is 860. The van der Waals surface area contributed by atoms with Gasteiger partial charge < -0.3 is 18.9 Å². The lowest BCUT2D eigenvalue weighted by Crippen LogP contribution is -2.08. The van der Waals surface area contributed by atoms with E-state index < -0.39 is 5.97 Å². The molecule has 0 aliphatic carbocycles. The monoisotopic (exact) mass is 462 g/mol. The molecule has 0 aliphatic rings. The molecule has 0 unspecified atom stereocenters. The Balaban J connectivity index is 1.75. The summed E-state index contributed by atoms with van der Waals surface area (Å²) in [4.78, 5) is 23.5. The van der Waals surface area contributed by atoms with Gasteiger partial charge in [0.05, 0.1) is 30.4 Å². The fourth-order valence-corrected chi connectivity index (χ4v) is 2.79. The van der Waals surface area contributed by atoms with Crippen molar-refractivity contribution < 1.29 is 28.5 Å². The summed E-state index contributed by atoms with van der Waals surface area (Å²) in [5, 5.41) is 0. The third kappa shape index (κ3) is 7.27. The molecule has 29 heavy (non-hydrogen) atoms. The molecule has 2 aromatic carbocycles. The number of rotatable bonds is 10. The van der Waals surface area contributed by atoms with E-state index in [4.69, 9.17) is 18.9 Å². The van der Waals surface area contributed by atoms with Gasteiger partial charge in [0.1, 0.15) is 17.2 Å². The number of carbonyl (C=O) groups is 2. The van der Waals surface area contributed by atoms with Crippen LogP contribution >= 0.6 is 15.9 Å². The average molecular weight is 463 g/mol. The quantitative estimate of drug-likeness (QED) is 0.215. The highest BCUT2D eigenvalue weighted by Crippen LogP contribution is 2.26. The van der Waals surface area contributed by atoms with Gasteiger partial charge in [-0.05, 0) is 78.2 Å². The number of unbranched alkanes of at least 4 members (excludes halogenated alkanes) is 1. The third-order valence-electron chi connectivity index (χ3n) is 3.81. The molecular formula is C22H23BrO6. The Hall–Kier alpha value is -2.80. The van der Waals surface area contributed by atoms with Gasteiger partial charge in [0.15, 0.2) is 0 Å². The number of hydrogen-bond acceptors (Lipinski definition) is 6. The number of carbonyl (C=O) groups excluding carboxylic acids is 2. The van der Waals surface area contributed by atoms with Crippen molar-refractivity contribution in [1.82, 2.24) is 0 Å². The van der Waals surface area contributed by atoms with E-state index in [2.05, 4.69) is 22.5 Å². The van der Waals surface area contributed by atoms with Crippen LogP contribution in [0.4, 0.5) is 0 Å². The summed E-state index contributed by atoms with van der Waals surface area (Å²) in [7, 11) is 1.56. The predicted octanol–water partition coefficient (Wildman–Crippen LogP) is 4.96. The van der Waals surface area contributed by atoms with Crippen LogP contribution in [0.2, 0.25) is 0 Å². The minimum Gasteiger partial charge on any atom is -0.496 e. The topological polar surface area (TPSA) is 71.1 Å². The predicted molar refractivity (Wildman–Crippen MR) is 113 cm³/mol. The zero-order valence-electron chi connectivity index (χ0n) is 16.4. The van der Waals surface area contributed by atoms with E-state index in [1.807, 2.05) is 0 Å². The lowest BCUT2D eigenvalue weighted by molar-refractivity contribution is -0.139. The second-order valence-corrected chi connectivity index (χ2v) is 7.04. The van der Waals surface area contributed by atoms with Crippen LogP contribution in [0.5, 0.6) is 17.2 Å². The van der Waals surface area contributed by atoms with Gasteiger partial charge in [-0.3, -0.25) is 0 Å². The molecule has 0 spiro atoms. The van der Waals surface area contributed by atoms with E-state index >= 15 is 0 Å². The second-order valence-electron chi connectivity index (χ2n) is 6.18. The van der Waals surface area contributed by atoms with E-state index in [1.54, 1.807) is 56.5 Å². The Labute approximate surface area is 178 Å². The van der Waals surface area contributed by atoms with Gasteiger partial charge in [0, 0.05) is 5.57 Å². The van der Waals surface area contributed by atoms with Crippen LogP contribution < -0.4 is 14.2 Å². The summed E-state index contributed by atoms with van der Waals surface area (Å²) in [5.41, 5.74) is 0.798. The molecule has 2 rings (SSSR count). The molecule has 0 fully saturated rings. The van der Waals surface area contributed by atoms with Crippen molar-refractivity contribution in [3.8, 4) is 17.2 Å². The molecule has 7 heteroatoms. The number of methoxy groups -OCH3 is 1. The lowest BCUT2D eigenvalue weighted by Gasteiger charge is -2.09. The molecule has 0 N–H and O–H groups in total. The summed E-state index contributed by atoms with van der Waals surface area (Å²) in [5.74, 6) is 0.873.